The van der Waals surface area contributed by atoms with Gasteiger partial charge in [0.15, 0.2) is 5.96 Å². The Balaban J connectivity index is 0.00000242. The van der Waals surface area contributed by atoms with Crippen LogP contribution >= 0.6 is 24.0 Å². The van der Waals surface area contributed by atoms with Crippen molar-refractivity contribution in [1.82, 2.24) is 4.90 Å². The average molecular weight is 418 g/mol. The number of halogens is 1. The number of rotatable bonds is 7. The van der Waals surface area contributed by atoms with Gasteiger partial charge in [0.05, 0.1) is 13.2 Å². The van der Waals surface area contributed by atoms with Gasteiger partial charge >= 0.3 is 0 Å². The first-order valence-electron chi connectivity index (χ1n) is 7.55. The summed E-state index contributed by atoms with van der Waals surface area (Å²) >= 11 is 0. The number of guanidine groups is 1. The number of aliphatic imine (C=N–C) groups is 1. The molecule has 0 radical (unpaired) electrons. The summed E-state index contributed by atoms with van der Waals surface area (Å²) in [7, 11) is 3.77. The van der Waals surface area contributed by atoms with Crippen molar-refractivity contribution in [2.24, 2.45) is 10.7 Å². The van der Waals surface area contributed by atoms with Crippen LogP contribution in [-0.4, -0.2) is 51.3 Å². The molecule has 22 heavy (non-hydrogen) atoms. The van der Waals surface area contributed by atoms with E-state index < -0.39 is 0 Å². The van der Waals surface area contributed by atoms with E-state index in [9.17, 15) is 0 Å². The molecular formula is C16H27IN4O. The van der Waals surface area contributed by atoms with Crippen molar-refractivity contribution in [2.75, 3.05) is 45.7 Å². The molecule has 1 aliphatic rings. The Kier molecular flexibility index (Phi) is 8.74. The van der Waals surface area contributed by atoms with Crippen molar-refractivity contribution >= 4 is 35.6 Å². The Bertz CT molecular complexity index is 493. The third kappa shape index (κ3) is 6.10. The number of hydrogen-bond acceptors (Lipinski definition) is 3. The lowest BCUT2D eigenvalue weighted by Crippen LogP contribution is -2.28. The number of nitrogens with one attached hydrogen (secondary N) is 1. The van der Waals surface area contributed by atoms with Gasteiger partial charge in [-0.05, 0) is 49.6 Å². The Labute approximate surface area is 150 Å². The minimum atomic E-state index is 0. The van der Waals surface area contributed by atoms with Gasteiger partial charge in [0.25, 0.3) is 0 Å². The van der Waals surface area contributed by atoms with Crippen LogP contribution in [0.1, 0.15) is 17.5 Å². The van der Waals surface area contributed by atoms with E-state index in [4.69, 9.17) is 10.5 Å². The third-order valence-electron chi connectivity index (χ3n) is 3.81. The molecule has 0 bridgehead atoms. The summed E-state index contributed by atoms with van der Waals surface area (Å²) < 4.78 is 5.04. The second-order valence-electron chi connectivity index (χ2n) is 5.53. The number of fused-ring (bicyclic) bond motifs is 1. The first-order chi connectivity index (χ1) is 10.2. The van der Waals surface area contributed by atoms with Gasteiger partial charge in [-0.15, -0.1) is 24.0 Å². The van der Waals surface area contributed by atoms with E-state index in [-0.39, 0.29) is 24.0 Å². The van der Waals surface area contributed by atoms with Crippen molar-refractivity contribution in [3.63, 3.8) is 0 Å². The van der Waals surface area contributed by atoms with Crippen LogP contribution in [0.15, 0.2) is 23.2 Å². The molecule has 1 aromatic rings. The normalized spacial score (nSPS) is 13.9. The topological polar surface area (TPSA) is 62.9 Å². The van der Waals surface area contributed by atoms with E-state index in [0.29, 0.717) is 12.5 Å². The molecule has 3 N–H and O–H groups in total. The van der Waals surface area contributed by atoms with E-state index in [1.807, 2.05) is 0 Å². The molecule has 0 heterocycles. The van der Waals surface area contributed by atoms with Crippen LogP contribution in [0.25, 0.3) is 0 Å². The van der Waals surface area contributed by atoms with E-state index in [1.165, 1.54) is 30.4 Å². The summed E-state index contributed by atoms with van der Waals surface area (Å²) in [6.45, 7) is 3.20. The molecule has 0 saturated heterocycles. The number of anilines is 1. The molecule has 0 amide bonds. The number of nitrogens with zero attached hydrogens (tertiary/aromatic N) is 2. The molecule has 5 nitrogen and oxygen atoms in total. The van der Waals surface area contributed by atoms with Crippen molar-refractivity contribution < 1.29 is 4.74 Å². The number of aryl methyl sites for hydroxylation is 2. The van der Waals surface area contributed by atoms with Crippen LogP contribution in [0.4, 0.5) is 5.69 Å². The van der Waals surface area contributed by atoms with Crippen LogP contribution in [0.5, 0.6) is 0 Å². The van der Waals surface area contributed by atoms with Gasteiger partial charge < -0.3 is 20.7 Å². The van der Waals surface area contributed by atoms with Gasteiger partial charge in [0, 0.05) is 25.9 Å². The maximum Gasteiger partial charge on any atom is 0.193 e. The Hall–Kier alpha value is -0.860. The van der Waals surface area contributed by atoms with Gasteiger partial charge in [-0.2, -0.15) is 0 Å². The first kappa shape index (κ1) is 19.2. The monoisotopic (exact) mass is 418 g/mol. The van der Waals surface area contributed by atoms with Gasteiger partial charge in [-0.25, -0.2) is 0 Å². The summed E-state index contributed by atoms with van der Waals surface area (Å²) in [5, 5.41) is 3.17. The van der Waals surface area contributed by atoms with Crippen molar-refractivity contribution in [3.8, 4) is 0 Å². The second kappa shape index (κ2) is 10.0. The van der Waals surface area contributed by atoms with Gasteiger partial charge in [0.1, 0.15) is 0 Å². The number of likely N-dealkylation sites (N-methyl/N-ethyl adjacent to an activating group) is 1. The highest BCUT2D eigenvalue weighted by Gasteiger charge is 2.10. The zero-order valence-corrected chi connectivity index (χ0v) is 15.8. The lowest BCUT2D eigenvalue weighted by atomic mass is 10.1. The number of methoxy groups -OCH3 is 1. The fourth-order valence-corrected chi connectivity index (χ4v) is 2.54. The predicted molar refractivity (Wildman–Crippen MR) is 103 cm³/mol. The molecule has 0 aliphatic heterocycles. The SMILES string of the molecule is COCCN(C)CCN=C(N)Nc1ccc2c(c1)CCC2.I. The third-order valence-corrected chi connectivity index (χ3v) is 3.81. The molecule has 124 valence electrons. The maximum atomic E-state index is 5.93. The van der Waals surface area contributed by atoms with Gasteiger partial charge in [-0.3, -0.25) is 4.99 Å². The highest BCUT2D eigenvalue weighted by molar-refractivity contribution is 14.0. The van der Waals surface area contributed by atoms with E-state index in [1.54, 1.807) is 7.11 Å². The minimum absolute atomic E-state index is 0. The Morgan fingerprint density at radius 2 is 2.09 bits per heavy atom. The average Bonchev–Trinajstić information content (AvgIpc) is 2.92. The minimum Gasteiger partial charge on any atom is -0.383 e. The summed E-state index contributed by atoms with van der Waals surface area (Å²) in [5.41, 5.74) is 9.87. The van der Waals surface area contributed by atoms with E-state index in [0.717, 1.165) is 25.4 Å². The summed E-state index contributed by atoms with van der Waals surface area (Å²) in [6.07, 6.45) is 3.63. The van der Waals surface area contributed by atoms with Gasteiger partial charge in [-0.1, -0.05) is 6.07 Å². The molecule has 0 fully saturated rings. The lowest BCUT2D eigenvalue weighted by molar-refractivity contribution is 0.163. The second-order valence-corrected chi connectivity index (χ2v) is 5.53. The van der Waals surface area contributed by atoms with Crippen LogP contribution in [0, 0.1) is 0 Å². The number of ether oxygens (including phenoxy) is 1. The summed E-state index contributed by atoms with van der Waals surface area (Å²) in [6, 6.07) is 6.46. The molecule has 0 atom stereocenters. The molecule has 2 rings (SSSR count). The molecule has 1 aliphatic carbocycles. The fourth-order valence-electron chi connectivity index (χ4n) is 2.54. The van der Waals surface area contributed by atoms with Gasteiger partial charge in [0.2, 0.25) is 0 Å². The van der Waals surface area contributed by atoms with E-state index in [2.05, 4.69) is 40.5 Å². The quantitative estimate of drug-likeness (QED) is 0.405. The molecule has 0 unspecified atom stereocenters. The molecule has 1 aromatic carbocycles. The summed E-state index contributed by atoms with van der Waals surface area (Å²) in [5.74, 6) is 0.480. The maximum absolute atomic E-state index is 5.93. The zero-order chi connectivity index (χ0) is 15.1. The standard InChI is InChI=1S/C16H26N4O.HI/c1-20(10-11-21-2)9-8-18-16(17)19-15-7-6-13-4-3-5-14(13)12-15;/h6-7,12H,3-5,8-11H2,1-2H3,(H3,17,18,19);1H. The van der Waals surface area contributed by atoms with E-state index >= 15 is 0 Å². The van der Waals surface area contributed by atoms with Crippen LogP contribution in [-0.2, 0) is 17.6 Å². The number of nitrogens with two attached hydrogens (primary N) is 1. The molecule has 0 spiro atoms. The number of benzene rings is 1. The highest BCUT2D eigenvalue weighted by Crippen LogP contribution is 2.24. The van der Waals surface area contributed by atoms with Crippen LogP contribution in [0.3, 0.4) is 0 Å². The summed E-state index contributed by atoms with van der Waals surface area (Å²) in [4.78, 5) is 6.54. The molecule has 0 saturated carbocycles. The Morgan fingerprint density at radius 1 is 1.32 bits per heavy atom. The van der Waals surface area contributed by atoms with Crippen molar-refractivity contribution in [2.45, 2.75) is 19.3 Å². The Morgan fingerprint density at radius 3 is 2.86 bits per heavy atom. The molecular weight excluding hydrogens is 391 g/mol. The highest BCUT2D eigenvalue weighted by atomic mass is 127. The first-order valence-corrected chi connectivity index (χ1v) is 7.55. The van der Waals surface area contributed by atoms with Crippen molar-refractivity contribution in [1.29, 1.82) is 0 Å². The number of hydrogen-bond donors (Lipinski definition) is 2. The van der Waals surface area contributed by atoms with Crippen LogP contribution < -0.4 is 11.1 Å². The van der Waals surface area contributed by atoms with Crippen LogP contribution in [0.2, 0.25) is 0 Å². The largest absolute Gasteiger partial charge is 0.383 e. The fraction of sp³-hybridized carbons (Fsp3) is 0.562. The molecule has 6 heteroatoms. The van der Waals surface area contributed by atoms with Crippen molar-refractivity contribution in [3.05, 3.63) is 29.3 Å². The molecule has 0 aromatic heterocycles. The lowest BCUT2D eigenvalue weighted by Gasteiger charge is -2.14. The predicted octanol–water partition coefficient (Wildman–Crippen LogP) is 2.10. The smallest absolute Gasteiger partial charge is 0.193 e. The zero-order valence-electron chi connectivity index (χ0n) is 13.5.